The summed E-state index contributed by atoms with van der Waals surface area (Å²) in [7, 11) is 0. The highest BCUT2D eigenvalue weighted by molar-refractivity contribution is 5.78. The molecule has 5 heteroatoms. The zero-order valence-electron chi connectivity index (χ0n) is 11.2. The molecule has 102 valence electrons. The third kappa shape index (κ3) is 2.92. The molecular formula is C14H20N4O. The number of nitrogens with zero attached hydrogens (tertiary/aromatic N) is 4. The fraction of sp³-hybridized carbons (Fsp3) is 0.643. The number of hydrogen-bond donors (Lipinski definition) is 0. The average molecular weight is 260 g/mol. The Hall–Kier alpha value is -1.49. The third-order valence-corrected chi connectivity index (χ3v) is 3.97. The number of carbonyl (C=O) groups is 1. The first-order chi connectivity index (χ1) is 9.33. The molecule has 3 rings (SSSR count). The molecule has 0 saturated carbocycles. The van der Waals surface area contributed by atoms with Crippen molar-refractivity contribution in [2.45, 2.75) is 38.8 Å². The molecule has 2 aliphatic heterocycles. The van der Waals surface area contributed by atoms with Gasteiger partial charge in [0.1, 0.15) is 6.33 Å². The van der Waals surface area contributed by atoms with Gasteiger partial charge in [-0.1, -0.05) is 12.8 Å². The Bertz CT molecular complexity index is 430. The predicted molar refractivity (Wildman–Crippen MR) is 71.2 cm³/mol. The summed E-state index contributed by atoms with van der Waals surface area (Å²) in [5, 5.41) is 0. The van der Waals surface area contributed by atoms with Gasteiger partial charge in [-0.15, -0.1) is 0 Å². The Morgan fingerprint density at radius 3 is 2.68 bits per heavy atom. The summed E-state index contributed by atoms with van der Waals surface area (Å²) in [6.07, 6.45) is 8.26. The second-order valence-electron chi connectivity index (χ2n) is 5.43. The van der Waals surface area contributed by atoms with E-state index < -0.39 is 0 Å². The van der Waals surface area contributed by atoms with E-state index in [-0.39, 0.29) is 5.91 Å². The average Bonchev–Trinajstić information content (AvgIpc) is 2.63. The first-order valence-electron chi connectivity index (χ1n) is 7.11. The molecule has 19 heavy (non-hydrogen) atoms. The normalized spacial score (nSPS) is 20.1. The van der Waals surface area contributed by atoms with Gasteiger partial charge in [0.05, 0.1) is 12.2 Å². The fourth-order valence-electron chi connectivity index (χ4n) is 2.89. The van der Waals surface area contributed by atoms with Crippen LogP contribution in [0.1, 0.15) is 36.9 Å². The van der Waals surface area contributed by atoms with Crippen LogP contribution >= 0.6 is 0 Å². The van der Waals surface area contributed by atoms with Crippen molar-refractivity contribution in [2.75, 3.05) is 19.6 Å². The highest BCUT2D eigenvalue weighted by Gasteiger charge is 2.24. The van der Waals surface area contributed by atoms with Gasteiger partial charge in [-0.3, -0.25) is 9.69 Å². The summed E-state index contributed by atoms with van der Waals surface area (Å²) in [5.74, 6) is 0.266. The molecule has 0 spiro atoms. The van der Waals surface area contributed by atoms with Crippen molar-refractivity contribution in [2.24, 2.45) is 0 Å². The highest BCUT2D eigenvalue weighted by Crippen LogP contribution is 2.19. The molecule has 3 heterocycles. The van der Waals surface area contributed by atoms with Crippen LogP contribution in [0.25, 0.3) is 0 Å². The van der Waals surface area contributed by atoms with Crippen LogP contribution in [0.4, 0.5) is 0 Å². The molecule has 0 bridgehead atoms. The van der Waals surface area contributed by atoms with Gasteiger partial charge >= 0.3 is 0 Å². The van der Waals surface area contributed by atoms with Crippen LogP contribution in [0.3, 0.4) is 0 Å². The molecule has 1 fully saturated rings. The van der Waals surface area contributed by atoms with Gasteiger partial charge in [-0.05, 0) is 12.8 Å². The number of hydrogen-bond acceptors (Lipinski definition) is 4. The maximum Gasteiger partial charge on any atom is 0.236 e. The topological polar surface area (TPSA) is 49.3 Å². The van der Waals surface area contributed by atoms with E-state index in [0.29, 0.717) is 6.54 Å². The van der Waals surface area contributed by atoms with Crippen LogP contribution in [-0.4, -0.2) is 45.3 Å². The summed E-state index contributed by atoms with van der Waals surface area (Å²) in [4.78, 5) is 24.8. The Morgan fingerprint density at radius 2 is 1.95 bits per heavy atom. The van der Waals surface area contributed by atoms with Crippen molar-refractivity contribution in [3.8, 4) is 0 Å². The maximum atomic E-state index is 12.3. The van der Waals surface area contributed by atoms with Crippen molar-refractivity contribution in [3.05, 3.63) is 23.8 Å². The number of fused-ring (bicyclic) bond motifs is 1. The molecule has 0 aliphatic carbocycles. The van der Waals surface area contributed by atoms with E-state index in [9.17, 15) is 4.79 Å². The molecule has 0 unspecified atom stereocenters. The molecule has 0 N–H and O–H groups in total. The van der Waals surface area contributed by atoms with E-state index >= 15 is 0 Å². The smallest absolute Gasteiger partial charge is 0.236 e. The lowest BCUT2D eigenvalue weighted by Gasteiger charge is -2.23. The number of amides is 1. The minimum atomic E-state index is 0.266. The second kappa shape index (κ2) is 5.65. The van der Waals surface area contributed by atoms with Gasteiger partial charge in [0.25, 0.3) is 0 Å². The predicted octanol–water partition coefficient (Wildman–Crippen LogP) is 1.19. The van der Waals surface area contributed by atoms with E-state index in [1.54, 1.807) is 6.33 Å². The largest absolute Gasteiger partial charge is 0.342 e. The van der Waals surface area contributed by atoms with Gasteiger partial charge in [0.15, 0.2) is 0 Å². The van der Waals surface area contributed by atoms with Gasteiger partial charge in [0, 0.05) is 37.9 Å². The van der Waals surface area contributed by atoms with Crippen LogP contribution in [0.5, 0.6) is 0 Å². The van der Waals surface area contributed by atoms with Crippen molar-refractivity contribution in [3.63, 3.8) is 0 Å². The summed E-state index contributed by atoms with van der Waals surface area (Å²) in [6.45, 7) is 3.95. The van der Waals surface area contributed by atoms with Gasteiger partial charge < -0.3 is 4.90 Å². The lowest BCUT2D eigenvalue weighted by atomic mass is 10.2. The van der Waals surface area contributed by atoms with Gasteiger partial charge in [0.2, 0.25) is 5.91 Å². The molecule has 0 aromatic carbocycles. The van der Waals surface area contributed by atoms with Crippen LogP contribution < -0.4 is 0 Å². The zero-order valence-corrected chi connectivity index (χ0v) is 11.2. The van der Waals surface area contributed by atoms with Crippen LogP contribution in [0.15, 0.2) is 12.5 Å². The molecule has 0 atom stereocenters. The van der Waals surface area contributed by atoms with Crippen LogP contribution in [-0.2, 0) is 17.9 Å². The molecule has 1 saturated heterocycles. The minimum Gasteiger partial charge on any atom is -0.342 e. The van der Waals surface area contributed by atoms with Crippen molar-refractivity contribution >= 4 is 5.91 Å². The van der Waals surface area contributed by atoms with Crippen LogP contribution in [0, 0.1) is 0 Å². The number of rotatable bonds is 2. The summed E-state index contributed by atoms with van der Waals surface area (Å²) >= 11 is 0. The first kappa shape index (κ1) is 12.5. The quantitative estimate of drug-likeness (QED) is 0.801. The van der Waals surface area contributed by atoms with Crippen molar-refractivity contribution in [1.82, 2.24) is 19.8 Å². The van der Waals surface area contributed by atoms with Crippen molar-refractivity contribution < 1.29 is 4.79 Å². The van der Waals surface area contributed by atoms with E-state index in [1.165, 1.54) is 12.8 Å². The third-order valence-electron chi connectivity index (χ3n) is 3.97. The van der Waals surface area contributed by atoms with E-state index in [2.05, 4.69) is 14.9 Å². The molecule has 2 aliphatic rings. The molecule has 5 nitrogen and oxygen atoms in total. The molecule has 0 radical (unpaired) electrons. The van der Waals surface area contributed by atoms with Crippen molar-refractivity contribution in [1.29, 1.82) is 0 Å². The SMILES string of the molecule is O=C(CN1Cc2cncnc2C1)N1CCCCCC1. The lowest BCUT2D eigenvalue weighted by Crippen LogP contribution is -2.39. The molecular weight excluding hydrogens is 240 g/mol. The van der Waals surface area contributed by atoms with E-state index in [1.807, 2.05) is 11.1 Å². The Labute approximate surface area is 113 Å². The van der Waals surface area contributed by atoms with Gasteiger partial charge in [-0.2, -0.15) is 0 Å². The number of carbonyl (C=O) groups excluding carboxylic acids is 1. The number of aromatic nitrogens is 2. The highest BCUT2D eigenvalue weighted by atomic mass is 16.2. The molecule has 1 aromatic rings. The van der Waals surface area contributed by atoms with E-state index in [0.717, 1.165) is 50.3 Å². The fourth-order valence-corrected chi connectivity index (χ4v) is 2.89. The number of likely N-dealkylation sites (tertiary alicyclic amines) is 1. The summed E-state index contributed by atoms with van der Waals surface area (Å²) in [6, 6.07) is 0. The molecule has 1 amide bonds. The Kier molecular flexibility index (Phi) is 3.73. The first-order valence-corrected chi connectivity index (χ1v) is 7.11. The monoisotopic (exact) mass is 260 g/mol. The minimum absolute atomic E-state index is 0.266. The Balaban J connectivity index is 1.56. The molecule has 1 aromatic heterocycles. The maximum absolute atomic E-state index is 12.3. The van der Waals surface area contributed by atoms with E-state index in [4.69, 9.17) is 0 Å². The Morgan fingerprint density at radius 1 is 1.16 bits per heavy atom. The summed E-state index contributed by atoms with van der Waals surface area (Å²) in [5.41, 5.74) is 2.23. The second-order valence-corrected chi connectivity index (χ2v) is 5.43. The summed E-state index contributed by atoms with van der Waals surface area (Å²) < 4.78 is 0. The standard InChI is InChI=1S/C14H20N4O/c19-14(18-5-3-1-2-4-6-18)10-17-8-12-7-15-11-16-13(12)9-17/h7,11H,1-6,8-10H2. The van der Waals surface area contributed by atoms with Crippen LogP contribution in [0.2, 0.25) is 0 Å². The van der Waals surface area contributed by atoms with Gasteiger partial charge in [-0.25, -0.2) is 9.97 Å². The lowest BCUT2D eigenvalue weighted by molar-refractivity contribution is -0.132. The zero-order chi connectivity index (χ0) is 13.1.